The minimum absolute atomic E-state index is 0.00767. The van der Waals surface area contributed by atoms with Crippen LogP contribution in [-0.2, 0) is 0 Å². The van der Waals surface area contributed by atoms with Crippen LogP contribution in [0.5, 0.6) is 11.8 Å². The smallest absolute Gasteiger partial charge is 0.319 e. The van der Waals surface area contributed by atoms with Gasteiger partial charge in [-0.1, -0.05) is 12.0 Å². The Kier molecular flexibility index (Phi) is 7.77. The summed E-state index contributed by atoms with van der Waals surface area (Å²) in [5.74, 6) is -0.721. The highest BCUT2D eigenvalue weighted by Gasteiger charge is 2.44. The molecule has 2 saturated heterocycles. The van der Waals surface area contributed by atoms with E-state index in [0.29, 0.717) is 57.1 Å². The molecule has 2 unspecified atom stereocenters. The highest BCUT2D eigenvalue weighted by molar-refractivity contribution is 7.97. The monoisotopic (exact) mass is 650 g/mol. The van der Waals surface area contributed by atoms with Gasteiger partial charge in [-0.25, -0.2) is 13.2 Å². The van der Waals surface area contributed by atoms with Gasteiger partial charge in [-0.3, -0.25) is 0 Å². The molecular weight excluding hydrogens is 613 g/mol. The number of hydrogen-bond acceptors (Lipinski definition) is 9. The maximum atomic E-state index is 15.0. The summed E-state index contributed by atoms with van der Waals surface area (Å²) in [6, 6.07) is 6.53. The van der Waals surface area contributed by atoms with Gasteiger partial charge in [-0.15, -0.1) is 6.42 Å². The summed E-state index contributed by atoms with van der Waals surface area (Å²) in [6.45, 7) is 3.02. The van der Waals surface area contributed by atoms with Crippen LogP contribution in [0.1, 0.15) is 49.4 Å². The standard InChI is InChI=1S/C34H37F3N6O2S/c1-5-24-26(35)9-6-20-12-23(44)13-25(29(20)24)28-14-27-30(46-43(28)17-33(2,36)37)31(42-15-21-7-8-22(16-42)38-21)40-32(39-27)45-19-34(10-11-34)18-41(3)4/h1,6,9,12-14,21-22,38,44H,7-8,10-11,15-19H2,2-4H3. The van der Waals surface area contributed by atoms with E-state index in [9.17, 15) is 13.9 Å². The lowest BCUT2D eigenvalue weighted by atomic mass is 9.96. The number of terminal acetylenes is 1. The number of piperazine rings is 1. The number of phenols is 1. The first-order valence-corrected chi connectivity index (χ1v) is 16.4. The van der Waals surface area contributed by atoms with Crippen LogP contribution in [0.3, 0.4) is 0 Å². The number of nitrogens with one attached hydrogen (secondary N) is 1. The zero-order chi connectivity index (χ0) is 32.4. The Labute approximate surface area is 271 Å². The molecule has 0 amide bonds. The Morgan fingerprint density at radius 2 is 1.93 bits per heavy atom. The Hall–Kier alpha value is -3.66. The average Bonchev–Trinajstić information content (AvgIpc) is 3.67. The molecule has 1 aromatic heterocycles. The summed E-state index contributed by atoms with van der Waals surface area (Å²) in [6.07, 6.45) is 11.7. The number of fused-ring (bicyclic) bond motifs is 4. The number of rotatable bonds is 9. The van der Waals surface area contributed by atoms with E-state index in [1.165, 1.54) is 28.6 Å². The van der Waals surface area contributed by atoms with Gasteiger partial charge in [-0.2, -0.15) is 9.97 Å². The van der Waals surface area contributed by atoms with E-state index in [1.807, 2.05) is 14.1 Å². The number of anilines is 1. The van der Waals surface area contributed by atoms with E-state index in [4.69, 9.17) is 21.1 Å². The van der Waals surface area contributed by atoms with E-state index < -0.39 is 18.3 Å². The number of halogens is 3. The van der Waals surface area contributed by atoms with Crippen molar-refractivity contribution < 1.29 is 23.0 Å². The summed E-state index contributed by atoms with van der Waals surface area (Å²) >= 11 is 1.12. The molecule has 0 radical (unpaired) electrons. The van der Waals surface area contributed by atoms with Crippen LogP contribution in [0.2, 0.25) is 0 Å². The van der Waals surface area contributed by atoms with E-state index in [2.05, 4.69) is 21.0 Å². The Bertz CT molecular complexity index is 1750. The molecule has 4 aliphatic rings. The molecule has 4 heterocycles. The fraction of sp³-hybridized carbons (Fsp3) is 0.471. The first-order valence-electron chi connectivity index (χ1n) is 15.6. The second kappa shape index (κ2) is 11.5. The number of aromatic hydroxyl groups is 1. The van der Waals surface area contributed by atoms with Crippen molar-refractivity contribution in [3.8, 4) is 24.1 Å². The largest absolute Gasteiger partial charge is 0.508 e. The number of phenolic OH excluding ortho intramolecular Hbond substituents is 1. The minimum Gasteiger partial charge on any atom is -0.508 e. The second-order valence-corrected chi connectivity index (χ2v) is 14.5. The predicted molar refractivity (Wildman–Crippen MR) is 174 cm³/mol. The molecule has 1 saturated carbocycles. The second-order valence-electron chi connectivity index (χ2n) is 13.5. The highest BCUT2D eigenvalue weighted by Crippen LogP contribution is 2.49. The lowest BCUT2D eigenvalue weighted by molar-refractivity contribution is 0.0142. The quantitative estimate of drug-likeness (QED) is 0.228. The minimum atomic E-state index is -3.08. The zero-order valence-electron chi connectivity index (χ0n) is 26.1. The normalized spacial score (nSPS) is 21.7. The van der Waals surface area contributed by atoms with Gasteiger partial charge in [0.15, 0.2) is 5.82 Å². The van der Waals surface area contributed by atoms with Gasteiger partial charge in [0.1, 0.15) is 11.6 Å². The third-order valence-corrected chi connectivity index (χ3v) is 10.2. The lowest BCUT2D eigenvalue weighted by Gasteiger charge is -2.37. The molecule has 8 nitrogen and oxygen atoms in total. The van der Waals surface area contributed by atoms with Crippen LogP contribution in [-0.4, -0.2) is 89.2 Å². The number of aromatic nitrogens is 2. The van der Waals surface area contributed by atoms with Gasteiger partial charge >= 0.3 is 6.01 Å². The summed E-state index contributed by atoms with van der Waals surface area (Å²) in [5.41, 5.74) is 1.20. The molecule has 2 N–H and O–H groups in total. The number of benzene rings is 2. The number of alkyl halides is 2. The predicted octanol–water partition coefficient (Wildman–Crippen LogP) is 5.59. The van der Waals surface area contributed by atoms with Gasteiger partial charge < -0.3 is 29.3 Å². The van der Waals surface area contributed by atoms with Gasteiger partial charge in [0.2, 0.25) is 0 Å². The van der Waals surface area contributed by atoms with Gasteiger partial charge in [0.25, 0.3) is 5.92 Å². The van der Waals surface area contributed by atoms with E-state index >= 15 is 4.39 Å². The molecule has 2 atom stereocenters. The molecular formula is C34H37F3N6O2S. The van der Waals surface area contributed by atoms with Gasteiger partial charge in [0, 0.05) is 55.0 Å². The first kappa shape index (κ1) is 31.0. The summed E-state index contributed by atoms with van der Waals surface area (Å²) in [5, 5.41) is 15.2. The topological polar surface area (TPSA) is 77.0 Å². The number of hydrogen-bond donors (Lipinski definition) is 2. The van der Waals surface area contributed by atoms with E-state index in [0.717, 1.165) is 64.2 Å². The molecule has 12 heteroatoms. The molecule has 1 aliphatic carbocycles. The molecule has 7 rings (SSSR count). The van der Waals surface area contributed by atoms with Crippen LogP contribution in [0.15, 0.2) is 29.2 Å². The lowest BCUT2D eigenvalue weighted by Crippen LogP contribution is -2.51. The van der Waals surface area contributed by atoms with Crippen molar-refractivity contribution in [1.82, 2.24) is 24.5 Å². The maximum absolute atomic E-state index is 15.0. The Morgan fingerprint density at radius 1 is 1.20 bits per heavy atom. The van der Waals surface area contributed by atoms with Crippen molar-refractivity contribution in [2.75, 3.05) is 51.8 Å². The average molecular weight is 651 g/mol. The summed E-state index contributed by atoms with van der Waals surface area (Å²) in [4.78, 5) is 14.8. The number of nitrogens with zero attached hydrogens (tertiary/aromatic N) is 5. The van der Waals surface area contributed by atoms with Crippen molar-refractivity contribution in [3.63, 3.8) is 0 Å². The van der Waals surface area contributed by atoms with Crippen LogP contribution >= 0.6 is 11.9 Å². The van der Waals surface area contributed by atoms with Crippen molar-refractivity contribution >= 4 is 40.3 Å². The fourth-order valence-corrected chi connectivity index (χ4v) is 8.21. The van der Waals surface area contributed by atoms with Crippen molar-refractivity contribution in [2.45, 2.75) is 55.5 Å². The SMILES string of the molecule is C#Cc1c(F)ccc2cc(O)cc(C3=Cc4nc(OCC5(CN(C)C)CC5)nc(N5CC6CCC(C5)N6)c4SN3CC(C)(F)F)c12. The fourth-order valence-electron chi connectivity index (χ4n) is 6.99. The van der Waals surface area contributed by atoms with Crippen LogP contribution in [0, 0.1) is 23.6 Å². The molecule has 3 aliphatic heterocycles. The van der Waals surface area contributed by atoms with Crippen LogP contribution in [0.25, 0.3) is 22.5 Å². The highest BCUT2D eigenvalue weighted by atomic mass is 32.2. The molecule has 3 fully saturated rings. The van der Waals surface area contributed by atoms with Crippen LogP contribution in [0.4, 0.5) is 19.0 Å². The molecule has 2 aromatic carbocycles. The first-order chi connectivity index (χ1) is 21.9. The molecule has 46 heavy (non-hydrogen) atoms. The zero-order valence-corrected chi connectivity index (χ0v) is 26.9. The Morgan fingerprint density at radius 3 is 2.59 bits per heavy atom. The van der Waals surface area contributed by atoms with Crippen molar-refractivity contribution in [1.29, 1.82) is 0 Å². The summed E-state index contributed by atoms with van der Waals surface area (Å²) in [7, 11) is 4.09. The molecule has 3 aromatic rings. The van der Waals surface area contributed by atoms with Crippen molar-refractivity contribution in [2.24, 2.45) is 5.41 Å². The number of ether oxygens (including phenoxy) is 1. The van der Waals surface area contributed by atoms with E-state index in [-0.39, 0.29) is 22.7 Å². The third kappa shape index (κ3) is 6.08. The maximum Gasteiger partial charge on any atom is 0.319 e. The third-order valence-electron chi connectivity index (χ3n) is 9.12. The van der Waals surface area contributed by atoms with Gasteiger partial charge in [0.05, 0.1) is 35.0 Å². The summed E-state index contributed by atoms with van der Waals surface area (Å²) < 4.78 is 52.4. The van der Waals surface area contributed by atoms with E-state index in [1.54, 1.807) is 6.08 Å². The van der Waals surface area contributed by atoms with Gasteiger partial charge in [-0.05, 0) is 81.4 Å². The van der Waals surface area contributed by atoms with Crippen LogP contribution < -0.4 is 15.0 Å². The van der Waals surface area contributed by atoms with Crippen molar-refractivity contribution in [3.05, 3.63) is 46.9 Å². The Balaban J connectivity index is 1.38. The molecule has 2 bridgehead atoms. The molecule has 0 spiro atoms. The molecule has 242 valence electrons.